The molecular formula is C8H15NO2. The summed E-state index contributed by atoms with van der Waals surface area (Å²) in [7, 11) is 0. The smallest absolute Gasteiger partial charge is 0.0838 e. The van der Waals surface area contributed by atoms with Gasteiger partial charge >= 0.3 is 0 Å². The van der Waals surface area contributed by atoms with Gasteiger partial charge in [0.05, 0.1) is 19.3 Å². The average Bonchev–Trinajstić information content (AvgIpc) is 2.55. The van der Waals surface area contributed by atoms with Gasteiger partial charge in [-0.25, -0.2) is 0 Å². The molecule has 3 nitrogen and oxygen atoms in total. The van der Waals surface area contributed by atoms with Crippen LogP contribution >= 0.6 is 0 Å². The lowest BCUT2D eigenvalue weighted by molar-refractivity contribution is 0.112. The molecule has 0 aromatic heterocycles. The van der Waals surface area contributed by atoms with Crippen molar-refractivity contribution in [1.82, 2.24) is 5.32 Å². The summed E-state index contributed by atoms with van der Waals surface area (Å²) in [6.07, 6.45) is 2.21. The van der Waals surface area contributed by atoms with E-state index in [1.165, 1.54) is 12.8 Å². The first-order chi connectivity index (χ1) is 5.38. The van der Waals surface area contributed by atoms with Gasteiger partial charge in [0, 0.05) is 12.0 Å². The molecule has 2 saturated heterocycles. The van der Waals surface area contributed by atoms with Crippen molar-refractivity contribution in [2.75, 3.05) is 19.8 Å². The first kappa shape index (κ1) is 7.53. The number of aliphatic hydroxyl groups is 1. The minimum absolute atomic E-state index is 0.231. The molecule has 3 atom stereocenters. The molecule has 0 aromatic rings. The van der Waals surface area contributed by atoms with Gasteiger partial charge in [-0.1, -0.05) is 0 Å². The zero-order valence-corrected chi connectivity index (χ0v) is 6.62. The third-order valence-corrected chi connectivity index (χ3v) is 2.71. The van der Waals surface area contributed by atoms with Crippen molar-refractivity contribution in [3.8, 4) is 0 Å². The molecule has 0 bridgehead atoms. The highest BCUT2D eigenvalue weighted by Crippen LogP contribution is 2.23. The van der Waals surface area contributed by atoms with E-state index in [4.69, 9.17) is 4.74 Å². The summed E-state index contributed by atoms with van der Waals surface area (Å²) < 4.78 is 5.19. The maximum atomic E-state index is 9.48. The molecular weight excluding hydrogens is 142 g/mol. The third-order valence-electron chi connectivity index (χ3n) is 2.71. The Morgan fingerprint density at radius 2 is 2.27 bits per heavy atom. The van der Waals surface area contributed by atoms with Gasteiger partial charge in [0.1, 0.15) is 0 Å². The molecule has 2 rings (SSSR count). The quantitative estimate of drug-likeness (QED) is 0.551. The van der Waals surface area contributed by atoms with E-state index in [1.54, 1.807) is 0 Å². The number of rotatable bonds is 1. The summed E-state index contributed by atoms with van der Waals surface area (Å²) in [5, 5.41) is 12.9. The maximum absolute atomic E-state index is 9.48. The maximum Gasteiger partial charge on any atom is 0.0838 e. The lowest BCUT2D eigenvalue weighted by Crippen LogP contribution is -2.37. The highest BCUT2D eigenvalue weighted by atomic mass is 16.5. The van der Waals surface area contributed by atoms with Crippen molar-refractivity contribution in [3.63, 3.8) is 0 Å². The summed E-state index contributed by atoms with van der Waals surface area (Å²) in [6.45, 7) is 2.37. The van der Waals surface area contributed by atoms with E-state index >= 15 is 0 Å². The number of ether oxygens (including phenoxy) is 1. The molecule has 2 aliphatic rings. The van der Waals surface area contributed by atoms with E-state index in [0.29, 0.717) is 18.6 Å². The molecule has 0 spiro atoms. The van der Waals surface area contributed by atoms with Crippen LogP contribution in [0.5, 0.6) is 0 Å². The molecule has 3 unspecified atom stereocenters. The van der Waals surface area contributed by atoms with Crippen LogP contribution in [0.3, 0.4) is 0 Å². The van der Waals surface area contributed by atoms with Gasteiger partial charge in [-0.2, -0.15) is 0 Å². The zero-order chi connectivity index (χ0) is 7.68. The van der Waals surface area contributed by atoms with Crippen LogP contribution in [0.1, 0.15) is 12.8 Å². The normalized spacial score (nSPS) is 45.0. The highest BCUT2D eigenvalue weighted by Gasteiger charge is 2.34. The lowest BCUT2D eigenvalue weighted by Gasteiger charge is -2.19. The summed E-state index contributed by atoms with van der Waals surface area (Å²) in [4.78, 5) is 0. The second kappa shape index (κ2) is 3.09. The molecule has 0 aromatic carbocycles. The van der Waals surface area contributed by atoms with E-state index in [1.807, 2.05) is 0 Å². The Morgan fingerprint density at radius 1 is 1.36 bits per heavy atom. The predicted octanol–water partition coefficient (Wildman–Crippen LogP) is -0.254. The van der Waals surface area contributed by atoms with Crippen LogP contribution in [0, 0.1) is 5.92 Å². The van der Waals surface area contributed by atoms with Gasteiger partial charge in [-0.05, 0) is 19.4 Å². The van der Waals surface area contributed by atoms with Gasteiger partial charge in [0.2, 0.25) is 0 Å². The van der Waals surface area contributed by atoms with Crippen molar-refractivity contribution >= 4 is 0 Å². The average molecular weight is 157 g/mol. The minimum Gasteiger partial charge on any atom is -0.390 e. The van der Waals surface area contributed by atoms with E-state index in [0.717, 1.165) is 13.2 Å². The van der Waals surface area contributed by atoms with E-state index in [9.17, 15) is 5.11 Å². The van der Waals surface area contributed by atoms with Crippen LogP contribution in [-0.4, -0.2) is 37.0 Å². The van der Waals surface area contributed by atoms with Crippen LogP contribution in [0.4, 0.5) is 0 Å². The van der Waals surface area contributed by atoms with Gasteiger partial charge in [-0.3, -0.25) is 0 Å². The number of nitrogens with one attached hydrogen (secondary N) is 1. The summed E-state index contributed by atoms with van der Waals surface area (Å²) in [5.74, 6) is 0.345. The Balaban J connectivity index is 1.92. The second-order valence-corrected chi connectivity index (χ2v) is 3.47. The fraction of sp³-hybridized carbons (Fsp3) is 1.00. The van der Waals surface area contributed by atoms with Crippen LogP contribution in [0.15, 0.2) is 0 Å². The Morgan fingerprint density at radius 3 is 2.82 bits per heavy atom. The number of aliphatic hydroxyl groups excluding tert-OH is 1. The zero-order valence-electron chi connectivity index (χ0n) is 6.62. The molecule has 2 fully saturated rings. The summed E-state index contributed by atoms with van der Waals surface area (Å²) >= 11 is 0. The molecule has 0 amide bonds. The molecule has 0 aliphatic carbocycles. The largest absolute Gasteiger partial charge is 0.390 e. The fourth-order valence-electron chi connectivity index (χ4n) is 2.02. The lowest BCUT2D eigenvalue weighted by atomic mass is 9.96. The van der Waals surface area contributed by atoms with E-state index in [2.05, 4.69) is 5.32 Å². The standard InChI is InChI=1S/C8H15NO2/c10-8-5-11-4-6(8)7-2-1-3-9-7/h6-10H,1-5H2. The van der Waals surface area contributed by atoms with Gasteiger partial charge in [-0.15, -0.1) is 0 Å². The third kappa shape index (κ3) is 1.41. The first-order valence-electron chi connectivity index (χ1n) is 4.37. The first-order valence-corrected chi connectivity index (χ1v) is 4.37. The van der Waals surface area contributed by atoms with Crippen molar-refractivity contribution < 1.29 is 9.84 Å². The monoisotopic (exact) mass is 157 g/mol. The minimum atomic E-state index is -0.231. The van der Waals surface area contributed by atoms with Crippen molar-refractivity contribution in [2.45, 2.75) is 25.0 Å². The topological polar surface area (TPSA) is 41.5 Å². The van der Waals surface area contributed by atoms with Crippen molar-refractivity contribution in [2.24, 2.45) is 5.92 Å². The molecule has 3 heteroatoms. The van der Waals surface area contributed by atoms with Gasteiger partial charge in [0.25, 0.3) is 0 Å². The van der Waals surface area contributed by atoms with Crippen LogP contribution in [-0.2, 0) is 4.74 Å². The molecule has 11 heavy (non-hydrogen) atoms. The molecule has 2 aliphatic heterocycles. The summed E-state index contributed by atoms with van der Waals surface area (Å²) in [6, 6.07) is 0.507. The van der Waals surface area contributed by atoms with Crippen LogP contribution < -0.4 is 5.32 Å². The van der Waals surface area contributed by atoms with Gasteiger partial charge in [0.15, 0.2) is 0 Å². The second-order valence-electron chi connectivity index (χ2n) is 3.47. The van der Waals surface area contributed by atoms with Crippen molar-refractivity contribution in [1.29, 1.82) is 0 Å². The predicted molar refractivity (Wildman–Crippen MR) is 41.3 cm³/mol. The molecule has 0 saturated carbocycles. The van der Waals surface area contributed by atoms with Crippen molar-refractivity contribution in [3.05, 3.63) is 0 Å². The van der Waals surface area contributed by atoms with E-state index in [-0.39, 0.29) is 6.10 Å². The molecule has 0 radical (unpaired) electrons. The molecule has 2 N–H and O–H groups in total. The Bertz CT molecular complexity index is 134. The SMILES string of the molecule is OC1COCC1C1CCCN1. The van der Waals surface area contributed by atoms with Gasteiger partial charge < -0.3 is 15.2 Å². The Labute approximate surface area is 66.7 Å². The molecule has 2 heterocycles. The summed E-state index contributed by atoms with van der Waals surface area (Å²) in [5.41, 5.74) is 0. The van der Waals surface area contributed by atoms with Crippen LogP contribution in [0.25, 0.3) is 0 Å². The number of hydrogen-bond acceptors (Lipinski definition) is 3. The molecule has 64 valence electrons. The van der Waals surface area contributed by atoms with Crippen LogP contribution in [0.2, 0.25) is 0 Å². The Kier molecular flexibility index (Phi) is 2.11. The fourth-order valence-corrected chi connectivity index (χ4v) is 2.02. The van der Waals surface area contributed by atoms with E-state index < -0.39 is 0 Å². The number of hydrogen-bond donors (Lipinski definition) is 2. The highest BCUT2D eigenvalue weighted by molar-refractivity contribution is 4.88. The Hall–Kier alpha value is -0.120.